The minimum absolute atomic E-state index is 0.0538. The van der Waals surface area contributed by atoms with Crippen molar-refractivity contribution in [1.29, 1.82) is 0 Å². The summed E-state index contributed by atoms with van der Waals surface area (Å²) in [6.07, 6.45) is -40.8. The van der Waals surface area contributed by atoms with Gasteiger partial charge in [0.25, 0.3) is 0 Å². The number of fused-ring (bicyclic) bond motifs is 6. The molecular weight excluding hydrogens is 1320 g/mol. The molecule has 0 aromatic heterocycles. The quantitative estimate of drug-likeness (QED) is 0.133. The van der Waals surface area contributed by atoms with Crippen LogP contribution in [0, 0.1) is 11.8 Å². The van der Waals surface area contributed by atoms with Crippen LogP contribution in [0.25, 0.3) is 66.8 Å². The van der Waals surface area contributed by atoms with Crippen molar-refractivity contribution in [1.82, 2.24) is 0 Å². The van der Waals surface area contributed by atoms with Crippen LogP contribution in [-0.4, -0.2) is 4.89 Å². The zero-order valence-corrected chi connectivity index (χ0v) is 47.4. The highest BCUT2D eigenvalue weighted by molar-refractivity contribution is 7.48. The fourth-order valence-corrected chi connectivity index (χ4v) is 13.3. The number of phosphoric ester groups is 1. The highest BCUT2D eigenvalue weighted by Gasteiger charge is 2.47. The van der Waals surface area contributed by atoms with Crippen LogP contribution in [0.5, 0.6) is 5.75 Å². The van der Waals surface area contributed by atoms with Gasteiger partial charge in [-0.1, -0.05) is 18.9 Å². The summed E-state index contributed by atoms with van der Waals surface area (Å²) in [5, 5.41) is 0. The molecule has 4 nitrogen and oxygen atoms in total. The summed E-state index contributed by atoms with van der Waals surface area (Å²) in [4.78, 5) is 12.1. The molecule has 0 bridgehead atoms. The van der Waals surface area contributed by atoms with Crippen molar-refractivity contribution in [3.8, 4) is 61.4 Å². The van der Waals surface area contributed by atoms with Crippen LogP contribution in [0.1, 0.15) is 105 Å². The summed E-state index contributed by atoms with van der Waals surface area (Å²) in [6, 6.07) is 6.95. The van der Waals surface area contributed by atoms with E-state index in [1.54, 1.807) is 0 Å². The molecule has 0 radical (unpaired) electrons. The molecule has 3 atom stereocenters. The molecule has 1 aliphatic heterocycles. The Morgan fingerprint density at radius 1 is 0.355 bits per heavy atom. The first-order valence-electron chi connectivity index (χ1n) is 27.7. The molecule has 4 aliphatic rings. The van der Waals surface area contributed by atoms with Crippen LogP contribution >= 0.6 is 7.82 Å². The topological polar surface area (TPSA) is 55.8 Å². The van der Waals surface area contributed by atoms with Crippen molar-refractivity contribution >= 4 is 19.0 Å². The van der Waals surface area contributed by atoms with E-state index >= 15 is 0 Å². The number of allylic oxidation sites excluding steroid dienone is 3. The molecule has 1 N–H and O–H groups in total. The molecule has 3 aliphatic carbocycles. The number of alkyl halides is 24. The third-order valence-corrected chi connectivity index (χ3v) is 17.3. The zero-order chi connectivity index (χ0) is 67.9. The molecule has 0 amide bonds. The Balaban J connectivity index is 1.24. The lowest BCUT2D eigenvalue weighted by atomic mass is 9.66. The van der Waals surface area contributed by atoms with Gasteiger partial charge < -0.3 is 9.05 Å². The first kappa shape index (κ1) is 66.6. The van der Waals surface area contributed by atoms with Gasteiger partial charge in [-0.05, 0) is 232 Å². The van der Waals surface area contributed by atoms with E-state index in [2.05, 4.69) is 0 Å². The van der Waals surface area contributed by atoms with Gasteiger partial charge in [0.05, 0.1) is 44.5 Å². The summed E-state index contributed by atoms with van der Waals surface area (Å²) >= 11 is 0. The lowest BCUT2D eigenvalue weighted by Gasteiger charge is -2.38. The van der Waals surface area contributed by atoms with Crippen LogP contribution in [-0.2, 0) is 71.3 Å². The molecule has 0 saturated heterocycles. The fourth-order valence-electron chi connectivity index (χ4n) is 12.4. The average Bonchev–Trinajstić information content (AvgIpc) is 1.71. The van der Waals surface area contributed by atoms with Gasteiger partial charge in [-0.2, -0.15) is 105 Å². The average molecular weight is 1360 g/mol. The van der Waals surface area contributed by atoms with E-state index in [4.69, 9.17) is 9.05 Å². The Morgan fingerprint density at radius 2 is 0.667 bits per heavy atom. The highest BCUT2D eigenvalue weighted by Crippen LogP contribution is 2.63. The van der Waals surface area contributed by atoms with E-state index in [0.29, 0.717) is 48.9 Å². The maximum Gasteiger partial charge on any atom is 0.584 e. The van der Waals surface area contributed by atoms with Crippen molar-refractivity contribution in [3.63, 3.8) is 0 Å². The molecule has 29 heteroatoms. The summed E-state index contributed by atoms with van der Waals surface area (Å²) in [5.74, 6) is -3.01. The van der Waals surface area contributed by atoms with Crippen LogP contribution in [0.2, 0.25) is 0 Å². The molecule has 7 aromatic rings. The maximum atomic E-state index is 15.0. The van der Waals surface area contributed by atoms with Crippen LogP contribution in [0.4, 0.5) is 105 Å². The summed E-state index contributed by atoms with van der Waals surface area (Å²) in [6.45, 7) is 0. The molecule has 1 saturated carbocycles. The van der Waals surface area contributed by atoms with E-state index in [1.807, 2.05) is 0 Å². The van der Waals surface area contributed by atoms with E-state index in [-0.39, 0.29) is 115 Å². The number of benzene rings is 7. The van der Waals surface area contributed by atoms with Crippen LogP contribution in [0.3, 0.4) is 0 Å². The number of rotatable bonds is 6. The Morgan fingerprint density at radius 3 is 1.02 bits per heavy atom. The predicted octanol–water partition coefficient (Wildman–Crippen LogP) is 23.2. The molecule has 93 heavy (non-hydrogen) atoms. The number of hydrogen-bond donors (Lipinski definition) is 1. The lowest BCUT2D eigenvalue weighted by molar-refractivity contribution is -0.144. The van der Waals surface area contributed by atoms with Gasteiger partial charge in [-0.25, -0.2) is 4.57 Å². The Hall–Kier alpha value is -7.87. The molecule has 7 aromatic carbocycles. The van der Waals surface area contributed by atoms with Gasteiger partial charge in [0, 0.05) is 22.3 Å². The van der Waals surface area contributed by atoms with Crippen molar-refractivity contribution in [2.45, 2.75) is 101 Å². The molecule has 492 valence electrons. The standard InChI is InChI=1S/C64H39F24O4P/c65-57(66,67)41-15-35(16-42(25-41)58(68,69)70)31-9-32(36-17-43(59(71,72)73)26-44(18-36)60(74,75)76)12-39(11-31)51-23-29-5-1-3-7-49(29)53-54-50-8-4-2-6-30(50)24-52(56(54)92-93(89,90)91-55(51)53)40-13-33(37-19-45(61(77,78)79)27-46(20-37)62(80,81)82)10-34(14-40)38-21-47(63(83,84)85)28-48(22-38)64(86,87)88/h9-29,49H,1-8H2,(H,89,90). The van der Waals surface area contributed by atoms with Crippen molar-refractivity contribution < 1.29 is 124 Å². The zero-order valence-electron chi connectivity index (χ0n) is 46.5. The van der Waals surface area contributed by atoms with E-state index in [1.165, 1.54) is 12.1 Å². The van der Waals surface area contributed by atoms with Crippen LogP contribution in [0.15, 0.2) is 127 Å². The first-order valence-corrected chi connectivity index (χ1v) is 29.2. The second-order valence-electron chi connectivity index (χ2n) is 22.8. The minimum atomic E-state index is -5.92. The van der Waals surface area contributed by atoms with Crippen molar-refractivity contribution in [2.75, 3.05) is 0 Å². The Labute approximate surface area is 509 Å². The molecule has 0 spiro atoms. The summed E-state index contributed by atoms with van der Waals surface area (Å²) in [7, 11) is -5.92. The minimum Gasteiger partial charge on any atom is -0.394 e. The van der Waals surface area contributed by atoms with Crippen molar-refractivity contribution in [2.24, 2.45) is 11.8 Å². The highest BCUT2D eigenvalue weighted by atomic mass is 31.2. The normalized spacial score (nSPS) is 19.2. The second-order valence-corrected chi connectivity index (χ2v) is 24.1. The predicted molar refractivity (Wildman–Crippen MR) is 289 cm³/mol. The third-order valence-electron chi connectivity index (χ3n) is 16.5. The largest absolute Gasteiger partial charge is 0.584 e. The van der Waals surface area contributed by atoms with Crippen LogP contribution < -0.4 is 4.52 Å². The van der Waals surface area contributed by atoms with E-state index in [9.17, 15) is 115 Å². The number of halogens is 24. The fraction of sp³-hybridized carbons (Fsp3) is 0.281. The first-order chi connectivity index (χ1) is 42.8. The Kier molecular flexibility index (Phi) is 16.2. The molecule has 3 unspecified atom stereocenters. The van der Waals surface area contributed by atoms with Gasteiger partial charge in [-0.15, -0.1) is 0 Å². The lowest BCUT2D eigenvalue weighted by Crippen LogP contribution is -2.25. The van der Waals surface area contributed by atoms with Gasteiger partial charge in [0.1, 0.15) is 11.5 Å². The third kappa shape index (κ3) is 13.6. The van der Waals surface area contributed by atoms with Gasteiger partial charge in [0.2, 0.25) is 0 Å². The van der Waals surface area contributed by atoms with Gasteiger partial charge in [-0.3, -0.25) is 4.89 Å². The number of aryl methyl sites for hydroxylation is 1. The molecule has 1 heterocycles. The molecular formula is C64H39F24O4P. The number of hydrogen-bond acceptors (Lipinski definition) is 3. The van der Waals surface area contributed by atoms with E-state index < -0.39 is 186 Å². The second kappa shape index (κ2) is 22.7. The van der Waals surface area contributed by atoms with Crippen molar-refractivity contribution in [3.05, 3.63) is 194 Å². The number of phosphoric acid groups is 1. The summed E-state index contributed by atoms with van der Waals surface area (Å²) in [5.41, 5.74) is -23.3. The van der Waals surface area contributed by atoms with Gasteiger partial charge in [0.15, 0.2) is 0 Å². The molecule has 1 fully saturated rings. The van der Waals surface area contributed by atoms with Gasteiger partial charge >= 0.3 is 57.2 Å². The Bertz CT molecular complexity index is 3970. The summed E-state index contributed by atoms with van der Waals surface area (Å²) < 4.78 is 375. The smallest absolute Gasteiger partial charge is 0.394 e. The molecule has 11 rings (SSSR count). The monoisotopic (exact) mass is 1360 g/mol. The van der Waals surface area contributed by atoms with E-state index in [0.717, 1.165) is 24.3 Å². The SMILES string of the molecule is O=P1(O)OC2=C(c3c4c(cc(-c5cc(-c6cc(C(F)(F)F)cc(C(F)(F)F)c6)cc(-c6cc(C(F)(F)F)cc(C(F)(F)F)c6)c5)c3O1)CCCC4)C1CCCCC1C=C2c1cc(-c2cc(C(F)(F)F)cc(C(F)(F)F)c2)cc(-c2cc(C(F)(F)F)cc(C(F)(F)F)c2)c1. The maximum absolute atomic E-state index is 15.0.